The lowest BCUT2D eigenvalue weighted by atomic mass is 10.0. The molecule has 1 aromatic heterocycles. The number of aromatic nitrogens is 2. The van der Waals surface area contributed by atoms with Gasteiger partial charge in [0.05, 0.1) is 18.8 Å². The fraction of sp³-hybridized carbons (Fsp3) is 0.400. The molecule has 1 fully saturated rings. The average molecular weight is 328 g/mol. The van der Waals surface area contributed by atoms with E-state index in [2.05, 4.69) is 4.98 Å². The number of hydrogen-bond acceptors (Lipinski definition) is 3. The summed E-state index contributed by atoms with van der Waals surface area (Å²) in [5.74, 6) is -0.990. The highest BCUT2D eigenvalue weighted by atomic mass is 35.5. The number of β-amino-alcohol motifs (C(OH)–C–C–N with tert-alkyl or cyclic N) is 1. The second-order valence-corrected chi connectivity index (χ2v) is 5.95. The summed E-state index contributed by atoms with van der Waals surface area (Å²) in [5, 5.41) is 10.5. The third-order valence-electron chi connectivity index (χ3n) is 4.08. The summed E-state index contributed by atoms with van der Waals surface area (Å²) in [5.41, 5.74) is 0.649. The first-order valence-corrected chi connectivity index (χ1v) is 7.36. The summed E-state index contributed by atoms with van der Waals surface area (Å²) in [6.45, 7) is 0.929. The molecule has 1 aliphatic rings. The van der Waals surface area contributed by atoms with Crippen LogP contribution in [0.15, 0.2) is 24.4 Å². The van der Waals surface area contributed by atoms with E-state index in [1.165, 1.54) is 6.07 Å². The van der Waals surface area contributed by atoms with Gasteiger partial charge in [-0.05, 0) is 24.1 Å². The molecule has 0 amide bonds. The van der Waals surface area contributed by atoms with Crippen molar-refractivity contribution in [2.24, 2.45) is 7.05 Å². The molecular formula is C15H16ClF2N3O. The van der Waals surface area contributed by atoms with Crippen LogP contribution in [0.5, 0.6) is 0 Å². The van der Waals surface area contributed by atoms with E-state index in [1.807, 2.05) is 11.9 Å². The van der Waals surface area contributed by atoms with Gasteiger partial charge in [0.25, 0.3) is 0 Å². The van der Waals surface area contributed by atoms with Gasteiger partial charge in [0, 0.05) is 19.6 Å². The molecule has 0 aliphatic carbocycles. The van der Waals surface area contributed by atoms with Gasteiger partial charge in [0.2, 0.25) is 0 Å². The Hall–Kier alpha value is -1.50. The standard InChI is InChI=1S/C15H16ClF2N3O/c1-20-14(16)6-19-15(20)8-21-7-10(22)5-13(21)9-2-3-11(17)12(18)4-9/h2-4,6,10,13,22H,5,7-8H2,1H3/t10-,13-/m0/s1. The van der Waals surface area contributed by atoms with E-state index in [4.69, 9.17) is 11.6 Å². The molecule has 7 heteroatoms. The summed E-state index contributed by atoms with van der Waals surface area (Å²) in [4.78, 5) is 6.23. The Bertz CT molecular complexity index is 691. The fourth-order valence-corrected chi connectivity index (χ4v) is 3.02. The molecule has 0 spiro atoms. The Morgan fingerprint density at radius 2 is 2.14 bits per heavy atom. The molecule has 1 saturated heterocycles. The molecular weight excluding hydrogens is 312 g/mol. The van der Waals surface area contributed by atoms with Crippen molar-refractivity contribution in [1.82, 2.24) is 14.5 Å². The van der Waals surface area contributed by atoms with Crippen LogP contribution in [0.3, 0.4) is 0 Å². The first-order chi connectivity index (χ1) is 10.5. The Morgan fingerprint density at radius 1 is 1.36 bits per heavy atom. The van der Waals surface area contributed by atoms with Gasteiger partial charge in [-0.1, -0.05) is 17.7 Å². The Morgan fingerprint density at radius 3 is 2.77 bits per heavy atom. The van der Waals surface area contributed by atoms with Crippen LogP contribution in [0.2, 0.25) is 5.15 Å². The minimum Gasteiger partial charge on any atom is -0.392 e. The second-order valence-electron chi connectivity index (χ2n) is 5.56. The van der Waals surface area contributed by atoms with Gasteiger partial charge in [-0.3, -0.25) is 4.90 Å². The first-order valence-electron chi connectivity index (χ1n) is 6.99. The van der Waals surface area contributed by atoms with E-state index in [-0.39, 0.29) is 6.04 Å². The third-order valence-corrected chi connectivity index (χ3v) is 4.43. The van der Waals surface area contributed by atoms with E-state index in [1.54, 1.807) is 16.8 Å². The highest BCUT2D eigenvalue weighted by Crippen LogP contribution is 2.34. The van der Waals surface area contributed by atoms with Crippen molar-refractivity contribution in [2.45, 2.75) is 25.1 Å². The molecule has 4 nitrogen and oxygen atoms in total. The number of halogens is 3. The summed E-state index contributed by atoms with van der Waals surface area (Å²) in [7, 11) is 1.81. The van der Waals surface area contributed by atoms with E-state index in [9.17, 15) is 13.9 Å². The van der Waals surface area contributed by atoms with Gasteiger partial charge < -0.3 is 9.67 Å². The Labute approximate surface area is 131 Å². The van der Waals surface area contributed by atoms with Crippen molar-refractivity contribution in [1.29, 1.82) is 0 Å². The van der Waals surface area contributed by atoms with Crippen LogP contribution in [0, 0.1) is 11.6 Å². The maximum Gasteiger partial charge on any atom is 0.159 e. The minimum absolute atomic E-state index is 0.180. The predicted octanol–water partition coefficient (Wildman–Crippen LogP) is 2.66. The predicted molar refractivity (Wildman–Crippen MR) is 78.4 cm³/mol. The number of benzene rings is 1. The molecule has 22 heavy (non-hydrogen) atoms. The van der Waals surface area contributed by atoms with Crippen molar-refractivity contribution in [3.63, 3.8) is 0 Å². The zero-order chi connectivity index (χ0) is 15.9. The number of nitrogens with zero attached hydrogens (tertiary/aromatic N) is 3. The van der Waals surface area contributed by atoms with Crippen molar-refractivity contribution < 1.29 is 13.9 Å². The molecule has 1 aromatic carbocycles. The zero-order valence-electron chi connectivity index (χ0n) is 12.0. The van der Waals surface area contributed by atoms with E-state index in [0.29, 0.717) is 30.2 Å². The monoisotopic (exact) mass is 327 g/mol. The first kappa shape index (κ1) is 15.4. The third kappa shape index (κ3) is 2.86. The maximum atomic E-state index is 13.5. The van der Waals surface area contributed by atoms with Crippen LogP contribution in [0.1, 0.15) is 23.9 Å². The normalized spacial score (nSPS) is 22.4. The van der Waals surface area contributed by atoms with Crippen LogP contribution >= 0.6 is 11.6 Å². The summed E-state index contributed by atoms with van der Waals surface area (Å²) < 4.78 is 28.3. The van der Waals surface area contributed by atoms with Crippen molar-refractivity contribution in [2.75, 3.05) is 6.54 Å². The molecule has 1 N–H and O–H groups in total. The molecule has 2 heterocycles. The molecule has 2 aromatic rings. The van der Waals surface area contributed by atoms with Crippen LogP contribution in [0.4, 0.5) is 8.78 Å². The van der Waals surface area contributed by atoms with Crippen LogP contribution in [-0.2, 0) is 13.6 Å². The number of likely N-dealkylation sites (tertiary alicyclic amines) is 1. The highest BCUT2D eigenvalue weighted by molar-refractivity contribution is 6.29. The second kappa shape index (κ2) is 5.95. The van der Waals surface area contributed by atoms with Gasteiger partial charge in [0.15, 0.2) is 11.6 Å². The van der Waals surface area contributed by atoms with Crippen molar-refractivity contribution in [3.8, 4) is 0 Å². The fourth-order valence-electron chi connectivity index (χ4n) is 2.87. The molecule has 2 atom stereocenters. The molecule has 0 radical (unpaired) electrons. The van der Waals surface area contributed by atoms with E-state index >= 15 is 0 Å². The van der Waals surface area contributed by atoms with Crippen LogP contribution in [0.25, 0.3) is 0 Å². The molecule has 1 aliphatic heterocycles. The highest BCUT2D eigenvalue weighted by Gasteiger charge is 2.33. The maximum absolute atomic E-state index is 13.5. The number of aliphatic hydroxyl groups excluding tert-OH is 1. The number of aliphatic hydroxyl groups is 1. The topological polar surface area (TPSA) is 41.3 Å². The lowest BCUT2D eigenvalue weighted by molar-refractivity contribution is 0.171. The lowest BCUT2D eigenvalue weighted by Gasteiger charge is -2.24. The van der Waals surface area contributed by atoms with Gasteiger partial charge in [-0.2, -0.15) is 0 Å². The van der Waals surface area contributed by atoms with Gasteiger partial charge in [0.1, 0.15) is 11.0 Å². The zero-order valence-corrected chi connectivity index (χ0v) is 12.8. The largest absolute Gasteiger partial charge is 0.392 e. The molecule has 118 valence electrons. The van der Waals surface area contributed by atoms with Gasteiger partial charge >= 0.3 is 0 Å². The van der Waals surface area contributed by atoms with E-state index in [0.717, 1.165) is 11.9 Å². The molecule has 0 saturated carbocycles. The lowest BCUT2D eigenvalue weighted by Crippen LogP contribution is -2.26. The smallest absolute Gasteiger partial charge is 0.159 e. The molecule has 0 unspecified atom stereocenters. The van der Waals surface area contributed by atoms with Crippen LogP contribution < -0.4 is 0 Å². The average Bonchev–Trinajstić information content (AvgIpc) is 2.99. The summed E-state index contributed by atoms with van der Waals surface area (Å²) >= 11 is 5.98. The summed E-state index contributed by atoms with van der Waals surface area (Å²) in [6.07, 6.45) is 1.54. The minimum atomic E-state index is -0.876. The summed E-state index contributed by atoms with van der Waals surface area (Å²) in [6, 6.07) is 3.68. The van der Waals surface area contributed by atoms with Gasteiger partial charge in [-0.15, -0.1) is 0 Å². The molecule has 3 rings (SSSR count). The van der Waals surface area contributed by atoms with E-state index < -0.39 is 17.7 Å². The Balaban J connectivity index is 1.85. The van der Waals surface area contributed by atoms with Crippen LogP contribution in [-0.4, -0.2) is 32.2 Å². The number of hydrogen-bond donors (Lipinski definition) is 1. The molecule has 0 bridgehead atoms. The van der Waals surface area contributed by atoms with Crippen molar-refractivity contribution >= 4 is 11.6 Å². The van der Waals surface area contributed by atoms with Gasteiger partial charge in [-0.25, -0.2) is 13.8 Å². The van der Waals surface area contributed by atoms with Crippen molar-refractivity contribution in [3.05, 3.63) is 52.6 Å². The number of rotatable bonds is 3. The number of imidazole rings is 1. The SMILES string of the molecule is Cn1c(Cl)cnc1CN1C[C@@H](O)C[C@H]1c1ccc(F)c(F)c1. The Kier molecular flexibility index (Phi) is 4.16. The quantitative estimate of drug-likeness (QED) is 0.942.